The van der Waals surface area contributed by atoms with Crippen LogP contribution in [0.15, 0.2) is 0 Å². The standard InChI is InChI=1S/C19H38O/c1-17(2,3)13-9-7-10-14-19(20-18(4,5)6)15-11-8-12-16-19/h7-16H2,1-6H3. The van der Waals surface area contributed by atoms with Gasteiger partial charge in [0.2, 0.25) is 0 Å². The Labute approximate surface area is 127 Å². The van der Waals surface area contributed by atoms with Crippen molar-refractivity contribution in [2.75, 3.05) is 0 Å². The summed E-state index contributed by atoms with van der Waals surface area (Å²) >= 11 is 0. The molecular weight excluding hydrogens is 244 g/mol. The maximum Gasteiger partial charge on any atom is 0.0689 e. The van der Waals surface area contributed by atoms with Gasteiger partial charge in [-0.2, -0.15) is 0 Å². The van der Waals surface area contributed by atoms with E-state index in [9.17, 15) is 0 Å². The number of hydrogen-bond acceptors (Lipinski definition) is 1. The summed E-state index contributed by atoms with van der Waals surface area (Å²) in [7, 11) is 0. The Kier molecular flexibility index (Phi) is 6.57. The average molecular weight is 283 g/mol. The van der Waals surface area contributed by atoms with E-state index in [-0.39, 0.29) is 11.2 Å². The van der Waals surface area contributed by atoms with Gasteiger partial charge in [-0.1, -0.05) is 59.3 Å². The minimum atomic E-state index is 0.00273. The molecule has 20 heavy (non-hydrogen) atoms. The molecule has 0 atom stereocenters. The van der Waals surface area contributed by atoms with Gasteiger partial charge in [-0.3, -0.25) is 0 Å². The summed E-state index contributed by atoms with van der Waals surface area (Å²) in [4.78, 5) is 0. The van der Waals surface area contributed by atoms with Crippen molar-refractivity contribution in [1.29, 1.82) is 0 Å². The van der Waals surface area contributed by atoms with E-state index < -0.39 is 0 Å². The van der Waals surface area contributed by atoms with Gasteiger partial charge in [0.05, 0.1) is 11.2 Å². The quantitative estimate of drug-likeness (QED) is 0.505. The number of unbranched alkanes of at least 4 members (excludes halogenated alkanes) is 2. The molecule has 0 heterocycles. The Morgan fingerprint density at radius 1 is 0.800 bits per heavy atom. The zero-order valence-corrected chi connectivity index (χ0v) is 15.0. The highest BCUT2D eigenvalue weighted by Crippen LogP contribution is 2.39. The topological polar surface area (TPSA) is 9.23 Å². The van der Waals surface area contributed by atoms with Crippen molar-refractivity contribution >= 4 is 0 Å². The van der Waals surface area contributed by atoms with Crippen LogP contribution in [0.5, 0.6) is 0 Å². The van der Waals surface area contributed by atoms with Crippen LogP contribution in [0, 0.1) is 5.41 Å². The highest BCUT2D eigenvalue weighted by Gasteiger charge is 2.36. The second-order valence-corrected chi connectivity index (χ2v) is 9.08. The highest BCUT2D eigenvalue weighted by molar-refractivity contribution is 4.87. The molecule has 0 aromatic heterocycles. The molecule has 1 fully saturated rings. The van der Waals surface area contributed by atoms with Crippen molar-refractivity contribution in [2.24, 2.45) is 5.41 Å². The Morgan fingerprint density at radius 3 is 1.90 bits per heavy atom. The van der Waals surface area contributed by atoms with Crippen molar-refractivity contribution < 1.29 is 4.74 Å². The highest BCUT2D eigenvalue weighted by atomic mass is 16.5. The minimum Gasteiger partial charge on any atom is -0.369 e. The van der Waals surface area contributed by atoms with Crippen LogP contribution < -0.4 is 0 Å². The van der Waals surface area contributed by atoms with Crippen LogP contribution in [0.2, 0.25) is 0 Å². The third-order valence-corrected chi connectivity index (χ3v) is 4.35. The van der Waals surface area contributed by atoms with Crippen molar-refractivity contribution in [3.8, 4) is 0 Å². The predicted molar refractivity (Wildman–Crippen MR) is 89.2 cm³/mol. The fraction of sp³-hybridized carbons (Fsp3) is 1.00. The molecule has 0 bridgehead atoms. The van der Waals surface area contributed by atoms with Gasteiger partial charge in [-0.05, 0) is 51.9 Å². The van der Waals surface area contributed by atoms with Crippen molar-refractivity contribution in [2.45, 2.75) is 117 Å². The second-order valence-electron chi connectivity index (χ2n) is 9.08. The summed E-state index contributed by atoms with van der Waals surface area (Å²) in [6.07, 6.45) is 13.4. The van der Waals surface area contributed by atoms with Gasteiger partial charge >= 0.3 is 0 Å². The van der Waals surface area contributed by atoms with Gasteiger partial charge in [0.1, 0.15) is 0 Å². The largest absolute Gasteiger partial charge is 0.369 e. The van der Waals surface area contributed by atoms with Gasteiger partial charge in [0.15, 0.2) is 0 Å². The smallest absolute Gasteiger partial charge is 0.0689 e. The lowest BCUT2D eigenvalue weighted by molar-refractivity contribution is -0.153. The second kappa shape index (κ2) is 7.29. The molecule has 0 N–H and O–H groups in total. The van der Waals surface area contributed by atoms with Gasteiger partial charge in [-0.15, -0.1) is 0 Å². The first-order chi connectivity index (χ1) is 9.12. The van der Waals surface area contributed by atoms with E-state index in [0.717, 1.165) is 0 Å². The fourth-order valence-electron chi connectivity index (χ4n) is 3.53. The van der Waals surface area contributed by atoms with Crippen LogP contribution in [0.3, 0.4) is 0 Å². The Balaban J connectivity index is 2.38. The van der Waals surface area contributed by atoms with E-state index in [1.54, 1.807) is 0 Å². The molecule has 0 unspecified atom stereocenters. The van der Waals surface area contributed by atoms with Gasteiger partial charge in [0.25, 0.3) is 0 Å². The maximum atomic E-state index is 6.51. The molecule has 1 heteroatoms. The van der Waals surface area contributed by atoms with Gasteiger partial charge < -0.3 is 4.74 Å². The first-order valence-corrected chi connectivity index (χ1v) is 8.82. The van der Waals surface area contributed by atoms with Gasteiger partial charge in [-0.25, -0.2) is 0 Å². The van der Waals surface area contributed by atoms with Crippen molar-refractivity contribution in [1.82, 2.24) is 0 Å². The molecular formula is C19H38O. The summed E-state index contributed by atoms with van der Waals surface area (Å²) in [6, 6.07) is 0. The molecule has 1 rings (SSSR count). The average Bonchev–Trinajstić information content (AvgIpc) is 2.25. The zero-order valence-electron chi connectivity index (χ0n) is 15.0. The van der Waals surface area contributed by atoms with E-state index in [1.807, 2.05) is 0 Å². The van der Waals surface area contributed by atoms with E-state index in [4.69, 9.17) is 4.74 Å². The number of hydrogen-bond donors (Lipinski definition) is 0. The molecule has 0 amide bonds. The SMILES string of the molecule is CC(C)(C)CCCCCC1(OC(C)(C)C)CCCCC1. The van der Waals surface area contributed by atoms with Crippen molar-refractivity contribution in [3.63, 3.8) is 0 Å². The monoisotopic (exact) mass is 282 g/mol. The van der Waals surface area contributed by atoms with Crippen LogP contribution in [-0.4, -0.2) is 11.2 Å². The van der Waals surface area contributed by atoms with Crippen LogP contribution >= 0.6 is 0 Å². The van der Waals surface area contributed by atoms with E-state index in [1.165, 1.54) is 64.2 Å². The molecule has 0 radical (unpaired) electrons. The number of ether oxygens (including phenoxy) is 1. The summed E-state index contributed by atoms with van der Waals surface area (Å²) in [5.74, 6) is 0. The van der Waals surface area contributed by atoms with Crippen LogP contribution in [0.1, 0.15) is 106 Å². The molecule has 0 aliphatic heterocycles. The van der Waals surface area contributed by atoms with Crippen LogP contribution in [-0.2, 0) is 4.74 Å². The summed E-state index contributed by atoms with van der Waals surface area (Å²) in [5.41, 5.74) is 0.686. The minimum absolute atomic E-state index is 0.00273. The normalized spacial score (nSPS) is 20.1. The third-order valence-electron chi connectivity index (χ3n) is 4.35. The molecule has 0 aromatic rings. The molecule has 0 aromatic carbocycles. The maximum absolute atomic E-state index is 6.51. The zero-order chi connectivity index (χ0) is 15.3. The molecule has 1 aliphatic rings. The lowest BCUT2D eigenvalue weighted by Gasteiger charge is -2.42. The van der Waals surface area contributed by atoms with E-state index >= 15 is 0 Å². The Morgan fingerprint density at radius 2 is 1.40 bits per heavy atom. The van der Waals surface area contributed by atoms with E-state index in [0.29, 0.717) is 5.41 Å². The molecule has 1 aliphatic carbocycles. The molecule has 1 saturated carbocycles. The van der Waals surface area contributed by atoms with E-state index in [2.05, 4.69) is 41.5 Å². The van der Waals surface area contributed by atoms with Gasteiger partial charge in [0, 0.05) is 0 Å². The third kappa shape index (κ3) is 7.67. The molecule has 1 nitrogen and oxygen atoms in total. The lowest BCUT2D eigenvalue weighted by atomic mass is 9.80. The van der Waals surface area contributed by atoms with Crippen molar-refractivity contribution in [3.05, 3.63) is 0 Å². The summed E-state index contributed by atoms with van der Waals surface area (Å²) < 4.78 is 6.51. The van der Waals surface area contributed by atoms with Crippen LogP contribution in [0.25, 0.3) is 0 Å². The van der Waals surface area contributed by atoms with Crippen LogP contribution in [0.4, 0.5) is 0 Å². The lowest BCUT2D eigenvalue weighted by Crippen LogP contribution is -2.41. The summed E-state index contributed by atoms with van der Waals surface area (Å²) in [5, 5.41) is 0. The first kappa shape index (κ1) is 18.0. The first-order valence-electron chi connectivity index (χ1n) is 8.82. The predicted octanol–water partition coefficient (Wildman–Crippen LogP) is 6.50. The Bertz CT molecular complexity index is 260. The Hall–Kier alpha value is -0.0400. The molecule has 0 saturated heterocycles. The fourth-order valence-corrected chi connectivity index (χ4v) is 3.53. The number of rotatable bonds is 6. The molecule has 120 valence electrons. The molecule has 0 spiro atoms. The summed E-state index contributed by atoms with van der Waals surface area (Å²) in [6.45, 7) is 13.7.